The number of rotatable bonds is 9. The highest BCUT2D eigenvalue weighted by atomic mass is 127. The fourth-order valence-electron chi connectivity index (χ4n) is 3.76. The second kappa shape index (κ2) is 13.9. The van der Waals surface area contributed by atoms with E-state index in [0.29, 0.717) is 25.4 Å². The number of nitrogens with one attached hydrogen (secondary N) is 1. The number of guanidine groups is 1. The second-order valence-corrected chi connectivity index (χ2v) is 7.53. The topological polar surface area (TPSA) is 55.3 Å². The van der Waals surface area contributed by atoms with Gasteiger partial charge < -0.3 is 24.4 Å². The van der Waals surface area contributed by atoms with Gasteiger partial charge >= 0.3 is 0 Å². The van der Waals surface area contributed by atoms with Gasteiger partial charge in [-0.1, -0.05) is 30.9 Å². The van der Waals surface area contributed by atoms with Crippen LogP contribution in [0.2, 0.25) is 0 Å². The Hall–Kier alpha value is -1.32. The van der Waals surface area contributed by atoms with E-state index in [-0.39, 0.29) is 24.0 Å². The average Bonchev–Trinajstić information content (AvgIpc) is 3.28. The van der Waals surface area contributed by atoms with Crippen molar-refractivity contribution in [3.05, 3.63) is 42.5 Å². The molecule has 0 amide bonds. The van der Waals surface area contributed by atoms with Gasteiger partial charge in [0.05, 0.1) is 25.4 Å². The first kappa shape index (κ1) is 24.9. The van der Waals surface area contributed by atoms with Gasteiger partial charge in [0.1, 0.15) is 12.4 Å². The van der Waals surface area contributed by atoms with Gasteiger partial charge in [-0.3, -0.25) is 0 Å². The van der Waals surface area contributed by atoms with Crippen LogP contribution in [0.4, 0.5) is 0 Å². The van der Waals surface area contributed by atoms with E-state index < -0.39 is 0 Å². The lowest BCUT2D eigenvalue weighted by Gasteiger charge is -2.34. The lowest BCUT2D eigenvalue weighted by atomic mass is 10.1. The van der Waals surface area contributed by atoms with Crippen LogP contribution < -0.4 is 10.1 Å². The van der Waals surface area contributed by atoms with Gasteiger partial charge in [0, 0.05) is 31.8 Å². The molecule has 0 saturated carbocycles. The normalized spacial score (nSPS) is 20.0. The van der Waals surface area contributed by atoms with E-state index in [4.69, 9.17) is 19.2 Å². The smallest absolute Gasteiger partial charge is 0.194 e. The Kier molecular flexibility index (Phi) is 11.5. The third-order valence-corrected chi connectivity index (χ3v) is 5.35. The number of hydrogen-bond donors (Lipinski definition) is 1. The predicted molar refractivity (Wildman–Crippen MR) is 132 cm³/mol. The number of nitrogens with zero attached hydrogens (tertiary/aromatic N) is 2. The highest BCUT2D eigenvalue weighted by Crippen LogP contribution is 2.20. The SMILES string of the molecule is C=CCOc1ccccc1CN=C(NCC)N1CCC(OCC2CCCO2)CC1.I. The Labute approximate surface area is 198 Å². The van der Waals surface area contributed by atoms with Crippen LogP contribution in [0.5, 0.6) is 5.75 Å². The minimum Gasteiger partial charge on any atom is -0.489 e. The standard InChI is InChI=1S/C23H35N3O3.HI/c1-3-15-28-22-10-6-5-8-19(22)17-25-23(24-4-2)26-13-11-20(12-14-26)29-18-21-9-7-16-27-21;/h3,5-6,8,10,20-21H,1,4,7,9,11-18H2,2H3,(H,24,25);1H. The van der Waals surface area contributed by atoms with Crippen molar-refractivity contribution < 1.29 is 14.2 Å². The van der Waals surface area contributed by atoms with Crippen LogP contribution in [-0.2, 0) is 16.0 Å². The second-order valence-electron chi connectivity index (χ2n) is 7.53. The lowest BCUT2D eigenvalue weighted by Crippen LogP contribution is -2.47. The molecule has 3 rings (SSSR count). The van der Waals surface area contributed by atoms with Crippen LogP contribution >= 0.6 is 24.0 Å². The van der Waals surface area contributed by atoms with Gasteiger partial charge in [0.25, 0.3) is 0 Å². The first-order valence-corrected chi connectivity index (χ1v) is 10.9. The van der Waals surface area contributed by atoms with Crippen molar-refractivity contribution in [2.24, 2.45) is 4.99 Å². The minimum atomic E-state index is 0. The van der Waals surface area contributed by atoms with Gasteiger partial charge in [-0.25, -0.2) is 4.99 Å². The van der Waals surface area contributed by atoms with Crippen LogP contribution in [0.3, 0.4) is 0 Å². The molecule has 2 heterocycles. The predicted octanol–water partition coefficient (Wildman–Crippen LogP) is 3.99. The van der Waals surface area contributed by atoms with E-state index in [9.17, 15) is 0 Å². The molecule has 0 spiro atoms. The molecule has 0 aliphatic carbocycles. The van der Waals surface area contributed by atoms with Crippen LogP contribution in [-0.4, -0.2) is 62.5 Å². The monoisotopic (exact) mass is 529 g/mol. The molecule has 2 aliphatic heterocycles. The number of aliphatic imine (C=N–C) groups is 1. The molecule has 6 nitrogen and oxygen atoms in total. The third-order valence-electron chi connectivity index (χ3n) is 5.35. The number of likely N-dealkylation sites (tertiary alicyclic amines) is 1. The number of para-hydroxylation sites is 1. The third kappa shape index (κ3) is 7.74. The van der Waals surface area contributed by atoms with E-state index in [0.717, 1.165) is 75.8 Å². The molecule has 1 unspecified atom stereocenters. The summed E-state index contributed by atoms with van der Waals surface area (Å²) in [6.45, 7) is 11.3. The maximum absolute atomic E-state index is 6.10. The van der Waals surface area contributed by atoms with Crippen molar-refractivity contribution in [2.45, 2.75) is 51.4 Å². The number of benzene rings is 1. The number of hydrogen-bond acceptors (Lipinski definition) is 4. The van der Waals surface area contributed by atoms with Crippen molar-refractivity contribution in [3.8, 4) is 5.75 Å². The summed E-state index contributed by atoms with van der Waals surface area (Å²) in [5.74, 6) is 1.83. The molecule has 7 heteroatoms. The van der Waals surface area contributed by atoms with Crippen molar-refractivity contribution >= 4 is 29.9 Å². The molecule has 2 aliphatic rings. The lowest BCUT2D eigenvalue weighted by molar-refractivity contribution is -0.0367. The summed E-state index contributed by atoms with van der Waals surface area (Å²) in [5, 5.41) is 3.43. The van der Waals surface area contributed by atoms with E-state index in [1.165, 1.54) is 0 Å². The van der Waals surface area contributed by atoms with Crippen LogP contribution in [0.15, 0.2) is 41.9 Å². The summed E-state index contributed by atoms with van der Waals surface area (Å²) in [7, 11) is 0. The van der Waals surface area contributed by atoms with Gasteiger partial charge in [0.2, 0.25) is 0 Å². The van der Waals surface area contributed by atoms with Crippen molar-refractivity contribution in [3.63, 3.8) is 0 Å². The molecule has 1 aromatic carbocycles. The zero-order valence-electron chi connectivity index (χ0n) is 18.1. The largest absolute Gasteiger partial charge is 0.489 e. The maximum Gasteiger partial charge on any atom is 0.194 e. The van der Waals surface area contributed by atoms with Crippen LogP contribution in [0, 0.1) is 0 Å². The zero-order valence-corrected chi connectivity index (χ0v) is 20.4. The number of ether oxygens (including phenoxy) is 3. The van der Waals surface area contributed by atoms with Crippen LogP contribution in [0.1, 0.15) is 38.2 Å². The van der Waals surface area contributed by atoms with E-state index in [1.807, 2.05) is 18.2 Å². The van der Waals surface area contributed by atoms with Gasteiger partial charge in [-0.2, -0.15) is 0 Å². The number of halogens is 1. The zero-order chi connectivity index (χ0) is 20.3. The molecule has 2 saturated heterocycles. The Bertz CT molecular complexity index is 657. The van der Waals surface area contributed by atoms with E-state index in [2.05, 4.69) is 29.8 Å². The van der Waals surface area contributed by atoms with Gasteiger partial charge in [-0.05, 0) is 38.7 Å². The first-order valence-electron chi connectivity index (χ1n) is 10.9. The summed E-state index contributed by atoms with van der Waals surface area (Å²) < 4.78 is 17.5. The van der Waals surface area contributed by atoms with Crippen molar-refractivity contribution in [1.29, 1.82) is 0 Å². The molecule has 0 radical (unpaired) electrons. The van der Waals surface area contributed by atoms with E-state index in [1.54, 1.807) is 6.08 Å². The molecule has 30 heavy (non-hydrogen) atoms. The quantitative estimate of drug-likeness (QED) is 0.227. The average molecular weight is 529 g/mol. The number of piperidine rings is 1. The summed E-state index contributed by atoms with van der Waals surface area (Å²) >= 11 is 0. The van der Waals surface area contributed by atoms with Gasteiger partial charge in [0.15, 0.2) is 5.96 Å². The Morgan fingerprint density at radius 1 is 1.30 bits per heavy atom. The molecular weight excluding hydrogens is 493 g/mol. The summed E-state index contributed by atoms with van der Waals surface area (Å²) in [6.07, 6.45) is 6.73. The fourth-order valence-corrected chi connectivity index (χ4v) is 3.76. The van der Waals surface area contributed by atoms with Gasteiger partial charge in [-0.15, -0.1) is 24.0 Å². The van der Waals surface area contributed by atoms with Crippen LogP contribution in [0.25, 0.3) is 0 Å². The maximum atomic E-state index is 6.10. The summed E-state index contributed by atoms with van der Waals surface area (Å²) in [5.41, 5.74) is 1.08. The Morgan fingerprint density at radius 3 is 2.80 bits per heavy atom. The molecule has 2 fully saturated rings. The molecule has 1 N–H and O–H groups in total. The molecule has 1 aromatic rings. The molecule has 168 valence electrons. The van der Waals surface area contributed by atoms with Crippen molar-refractivity contribution in [2.75, 3.05) is 39.5 Å². The van der Waals surface area contributed by atoms with Crippen molar-refractivity contribution in [1.82, 2.24) is 10.2 Å². The minimum absolute atomic E-state index is 0. The molecule has 0 bridgehead atoms. The molecule has 0 aromatic heterocycles. The molecule has 1 atom stereocenters. The Balaban J connectivity index is 0.00000320. The first-order chi connectivity index (χ1) is 14.3. The summed E-state index contributed by atoms with van der Waals surface area (Å²) in [4.78, 5) is 7.21. The highest BCUT2D eigenvalue weighted by Gasteiger charge is 2.24. The fraction of sp³-hybridized carbons (Fsp3) is 0.609. The Morgan fingerprint density at radius 2 is 2.10 bits per heavy atom. The molecular formula is C23H36IN3O3. The van der Waals surface area contributed by atoms with E-state index >= 15 is 0 Å². The highest BCUT2D eigenvalue weighted by molar-refractivity contribution is 14.0. The summed E-state index contributed by atoms with van der Waals surface area (Å²) in [6, 6.07) is 8.06.